The Morgan fingerprint density at radius 1 is 1.70 bits per heavy atom. The Balaban J connectivity index is 2.77. The topological polar surface area (TPSA) is 34.4 Å². The third-order valence-corrected chi connectivity index (χ3v) is 1.58. The molecule has 3 nitrogen and oxygen atoms in total. The van der Waals surface area contributed by atoms with Crippen LogP contribution in [-0.2, 0) is 13.6 Å². The predicted molar refractivity (Wildman–Crippen MR) is 39.5 cm³/mol. The summed E-state index contributed by atoms with van der Waals surface area (Å²) in [7, 11) is 4.01. The third-order valence-electron chi connectivity index (χ3n) is 1.58. The van der Waals surface area contributed by atoms with Gasteiger partial charge in [-0.25, -0.2) is 0 Å². The molecule has 10 heavy (non-hydrogen) atoms. The van der Waals surface area contributed by atoms with Crippen LogP contribution in [0.3, 0.4) is 0 Å². The predicted octanol–water partition coefficient (Wildman–Crippen LogP) is -0.578. The van der Waals surface area contributed by atoms with Gasteiger partial charge in [0, 0.05) is 12.7 Å². The molecule has 0 amide bonds. The van der Waals surface area contributed by atoms with Crippen molar-refractivity contribution in [1.82, 2.24) is 9.78 Å². The average molecular weight is 140 g/mol. The molecule has 0 radical (unpaired) electrons. The quantitative estimate of drug-likeness (QED) is 0.586. The van der Waals surface area contributed by atoms with Crippen molar-refractivity contribution in [3.63, 3.8) is 0 Å². The second kappa shape index (κ2) is 2.84. The van der Waals surface area contributed by atoms with Gasteiger partial charge >= 0.3 is 0 Å². The van der Waals surface area contributed by atoms with Crippen molar-refractivity contribution in [3.05, 3.63) is 17.5 Å². The van der Waals surface area contributed by atoms with Gasteiger partial charge in [0.25, 0.3) is 0 Å². The fourth-order valence-electron chi connectivity index (χ4n) is 0.944. The molecule has 0 atom stereocenters. The van der Waals surface area contributed by atoms with Gasteiger partial charge in [-0.15, -0.1) is 0 Å². The van der Waals surface area contributed by atoms with Gasteiger partial charge in [-0.1, -0.05) is 0 Å². The molecule has 56 valence electrons. The number of hydrogen-bond acceptors (Lipinski definition) is 1. The maximum absolute atomic E-state index is 4.29. The Morgan fingerprint density at radius 3 is 2.80 bits per heavy atom. The Kier molecular flexibility index (Phi) is 2.06. The van der Waals surface area contributed by atoms with Crippen molar-refractivity contribution < 1.29 is 5.32 Å². The maximum Gasteiger partial charge on any atom is 0.120 e. The van der Waals surface area contributed by atoms with Crippen LogP contribution in [0.15, 0.2) is 6.07 Å². The van der Waals surface area contributed by atoms with Crippen molar-refractivity contribution in [1.29, 1.82) is 0 Å². The molecule has 1 heterocycles. The number of rotatable bonds is 2. The Morgan fingerprint density at radius 2 is 2.40 bits per heavy atom. The van der Waals surface area contributed by atoms with Crippen molar-refractivity contribution >= 4 is 0 Å². The molecule has 0 unspecified atom stereocenters. The summed E-state index contributed by atoms with van der Waals surface area (Å²) in [6, 6.07) is 2.11. The molecule has 0 bridgehead atoms. The highest BCUT2D eigenvalue weighted by molar-refractivity contribution is 5.06. The molecule has 0 saturated heterocycles. The van der Waals surface area contributed by atoms with Crippen LogP contribution in [0.4, 0.5) is 0 Å². The van der Waals surface area contributed by atoms with Gasteiger partial charge in [0.2, 0.25) is 0 Å². The van der Waals surface area contributed by atoms with Gasteiger partial charge in [0.15, 0.2) is 0 Å². The second-order valence-corrected chi connectivity index (χ2v) is 2.51. The normalized spacial score (nSPS) is 10.3. The molecular formula is C7H14N3+. The number of nitrogens with zero attached hydrogens (tertiary/aromatic N) is 2. The number of nitrogens with two attached hydrogens (primary N) is 1. The van der Waals surface area contributed by atoms with Crippen LogP contribution in [0.5, 0.6) is 0 Å². The van der Waals surface area contributed by atoms with Crippen molar-refractivity contribution in [3.8, 4) is 0 Å². The van der Waals surface area contributed by atoms with E-state index in [4.69, 9.17) is 0 Å². The van der Waals surface area contributed by atoms with Gasteiger partial charge < -0.3 is 5.32 Å². The maximum atomic E-state index is 4.29. The summed E-state index contributed by atoms with van der Waals surface area (Å²) in [5.74, 6) is 0. The summed E-state index contributed by atoms with van der Waals surface area (Å²) in [5, 5.41) is 6.40. The van der Waals surface area contributed by atoms with E-state index in [1.807, 2.05) is 18.8 Å². The number of aryl methyl sites for hydroxylation is 2. The lowest BCUT2D eigenvalue weighted by atomic mass is 10.4. The smallest absolute Gasteiger partial charge is 0.120 e. The fourth-order valence-corrected chi connectivity index (χ4v) is 0.944. The summed E-state index contributed by atoms with van der Waals surface area (Å²) >= 11 is 0. The minimum absolute atomic E-state index is 0.974. The number of hydrogen-bond donors (Lipinski definition) is 1. The van der Waals surface area contributed by atoms with Crippen molar-refractivity contribution in [2.45, 2.75) is 13.5 Å². The van der Waals surface area contributed by atoms with Crippen molar-refractivity contribution in [2.75, 3.05) is 7.05 Å². The first-order valence-corrected chi connectivity index (χ1v) is 3.51. The summed E-state index contributed by atoms with van der Waals surface area (Å²) in [5.41, 5.74) is 2.37. The first kappa shape index (κ1) is 7.28. The fraction of sp³-hybridized carbons (Fsp3) is 0.571. The van der Waals surface area contributed by atoms with Gasteiger partial charge in [0.05, 0.1) is 7.05 Å². The molecule has 0 aromatic carbocycles. The summed E-state index contributed by atoms with van der Waals surface area (Å²) < 4.78 is 1.90. The molecule has 1 aromatic rings. The minimum Gasteiger partial charge on any atom is -0.344 e. The summed E-state index contributed by atoms with van der Waals surface area (Å²) in [6.45, 7) is 3.04. The molecule has 0 saturated carbocycles. The number of aromatic nitrogens is 2. The lowest BCUT2D eigenvalue weighted by molar-refractivity contribution is -0.643. The molecular weight excluding hydrogens is 126 g/mol. The minimum atomic E-state index is 0.974. The van der Waals surface area contributed by atoms with Gasteiger partial charge in [-0.05, 0) is 13.0 Å². The molecule has 3 heteroatoms. The molecule has 0 spiro atoms. The SMILES string of the molecule is C[NH2+]Cc1cc(C)n(C)n1. The van der Waals surface area contributed by atoms with E-state index in [0.29, 0.717) is 0 Å². The Bertz CT molecular complexity index is 195. The van der Waals surface area contributed by atoms with E-state index in [1.165, 1.54) is 5.69 Å². The van der Waals surface area contributed by atoms with E-state index in [0.717, 1.165) is 12.2 Å². The van der Waals surface area contributed by atoms with Crippen LogP contribution >= 0.6 is 0 Å². The lowest BCUT2D eigenvalue weighted by Crippen LogP contribution is -2.77. The lowest BCUT2D eigenvalue weighted by Gasteiger charge is -1.89. The van der Waals surface area contributed by atoms with Crippen LogP contribution in [-0.4, -0.2) is 16.8 Å². The third kappa shape index (κ3) is 1.36. The average Bonchev–Trinajstić information content (AvgIpc) is 2.14. The van der Waals surface area contributed by atoms with E-state index < -0.39 is 0 Å². The monoisotopic (exact) mass is 140 g/mol. The zero-order chi connectivity index (χ0) is 7.56. The molecule has 2 N–H and O–H groups in total. The molecule has 0 aliphatic heterocycles. The van der Waals surface area contributed by atoms with Gasteiger partial charge in [-0.3, -0.25) is 4.68 Å². The highest BCUT2D eigenvalue weighted by atomic mass is 15.3. The Labute approximate surface area is 61.0 Å². The highest BCUT2D eigenvalue weighted by Crippen LogP contribution is 1.98. The second-order valence-electron chi connectivity index (χ2n) is 2.51. The largest absolute Gasteiger partial charge is 0.344 e. The van der Waals surface area contributed by atoms with E-state index >= 15 is 0 Å². The van der Waals surface area contributed by atoms with Gasteiger partial charge in [0.1, 0.15) is 12.2 Å². The number of quaternary nitrogens is 1. The molecule has 0 aliphatic carbocycles. The molecule has 0 aliphatic rings. The van der Waals surface area contributed by atoms with Crippen LogP contribution in [0.25, 0.3) is 0 Å². The van der Waals surface area contributed by atoms with Crippen LogP contribution in [0.2, 0.25) is 0 Å². The highest BCUT2D eigenvalue weighted by Gasteiger charge is 1.99. The van der Waals surface area contributed by atoms with Gasteiger partial charge in [-0.2, -0.15) is 5.10 Å². The van der Waals surface area contributed by atoms with E-state index in [1.54, 1.807) is 0 Å². The zero-order valence-electron chi connectivity index (χ0n) is 6.76. The van der Waals surface area contributed by atoms with E-state index in [-0.39, 0.29) is 0 Å². The standard InChI is InChI=1S/C7H13N3/c1-6-4-7(5-8-2)9-10(6)3/h4,8H,5H2,1-3H3/p+1. The molecule has 1 aromatic heterocycles. The zero-order valence-corrected chi connectivity index (χ0v) is 6.76. The summed E-state index contributed by atoms with van der Waals surface area (Å²) in [6.07, 6.45) is 0. The first-order chi connectivity index (χ1) is 4.74. The molecule has 0 fully saturated rings. The van der Waals surface area contributed by atoms with Crippen LogP contribution in [0, 0.1) is 6.92 Å². The van der Waals surface area contributed by atoms with Crippen molar-refractivity contribution in [2.24, 2.45) is 7.05 Å². The Hall–Kier alpha value is -0.830. The van der Waals surface area contributed by atoms with E-state index in [2.05, 4.69) is 23.4 Å². The first-order valence-electron chi connectivity index (χ1n) is 3.51. The summed E-state index contributed by atoms with van der Waals surface area (Å²) in [4.78, 5) is 0. The van der Waals surface area contributed by atoms with Crippen LogP contribution < -0.4 is 5.32 Å². The molecule has 1 rings (SSSR count). The van der Waals surface area contributed by atoms with Crippen LogP contribution in [0.1, 0.15) is 11.4 Å². The van der Waals surface area contributed by atoms with E-state index in [9.17, 15) is 0 Å².